The number of carbonyl (C=O) groups excluding carboxylic acids is 1. The number of piperidine rings is 1. The molecule has 1 amide bonds. The highest BCUT2D eigenvalue weighted by Gasteiger charge is 2.26. The summed E-state index contributed by atoms with van der Waals surface area (Å²) in [6.45, 7) is 4.52. The molecule has 0 spiro atoms. The van der Waals surface area contributed by atoms with Gasteiger partial charge in [0.2, 0.25) is 5.88 Å². The molecule has 8 nitrogen and oxygen atoms in total. The van der Waals surface area contributed by atoms with Crippen molar-refractivity contribution in [1.82, 2.24) is 15.6 Å². The van der Waals surface area contributed by atoms with Gasteiger partial charge in [-0.15, -0.1) is 24.8 Å². The monoisotopic (exact) mass is 512 g/mol. The quantitative estimate of drug-likeness (QED) is 0.449. The van der Waals surface area contributed by atoms with Gasteiger partial charge < -0.3 is 30.5 Å². The van der Waals surface area contributed by atoms with E-state index in [0.29, 0.717) is 31.6 Å². The largest absolute Gasteiger partial charge is 0.477 e. The van der Waals surface area contributed by atoms with Gasteiger partial charge in [0.05, 0.1) is 18.8 Å². The summed E-state index contributed by atoms with van der Waals surface area (Å²) in [5, 5.41) is 26.6. The second-order valence-electron chi connectivity index (χ2n) is 8.41. The summed E-state index contributed by atoms with van der Waals surface area (Å²) in [4.78, 5) is 19.5. The number of carbonyl (C=O) groups is 1. The number of benzene rings is 1. The van der Waals surface area contributed by atoms with Crippen LogP contribution in [0.2, 0.25) is 0 Å². The zero-order valence-corrected chi connectivity index (χ0v) is 20.9. The van der Waals surface area contributed by atoms with Crippen LogP contribution in [0, 0.1) is 0 Å². The van der Waals surface area contributed by atoms with Gasteiger partial charge in [-0.2, -0.15) is 4.98 Å². The molecule has 4 N–H and O–H groups in total. The van der Waals surface area contributed by atoms with Crippen molar-refractivity contribution in [2.24, 2.45) is 0 Å². The molecular weight excluding hydrogens is 479 g/mol. The van der Waals surface area contributed by atoms with Crippen LogP contribution in [-0.2, 0) is 13.0 Å². The zero-order valence-electron chi connectivity index (χ0n) is 19.3. The Morgan fingerprint density at radius 2 is 1.91 bits per heavy atom. The molecule has 1 aromatic heterocycles. The first-order valence-electron chi connectivity index (χ1n) is 11.4. The second kappa shape index (κ2) is 13.1. The first-order chi connectivity index (χ1) is 15.5. The van der Waals surface area contributed by atoms with Crippen molar-refractivity contribution in [2.75, 3.05) is 31.1 Å². The van der Waals surface area contributed by atoms with E-state index in [9.17, 15) is 15.0 Å². The zero-order chi connectivity index (χ0) is 22.5. The molecule has 0 radical (unpaired) electrons. The first-order valence-corrected chi connectivity index (χ1v) is 11.4. The van der Waals surface area contributed by atoms with Crippen LogP contribution in [0.15, 0.2) is 36.4 Å². The SMILES string of the molecule is CCOc1nc(N2CCC(O)CC2)ccc1C(=O)NC[C@@H](O)[C@@H]1Cc2ccccc2CN1.Cl.Cl. The molecule has 2 atom stereocenters. The van der Waals surface area contributed by atoms with Crippen molar-refractivity contribution < 1.29 is 19.7 Å². The van der Waals surface area contributed by atoms with Crippen LogP contribution in [0.5, 0.6) is 5.88 Å². The molecule has 2 aliphatic rings. The summed E-state index contributed by atoms with van der Waals surface area (Å²) >= 11 is 0. The molecule has 188 valence electrons. The first kappa shape index (κ1) is 28.1. The molecule has 2 aliphatic heterocycles. The summed E-state index contributed by atoms with van der Waals surface area (Å²) in [7, 11) is 0. The van der Waals surface area contributed by atoms with Gasteiger partial charge >= 0.3 is 0 Å². The number of aromatic nitrogens is 1. The standard InChI is InChI=1S/C24H32N4O4.2ClH/c1-2-32-24-19(7-8-22(27-24)28-11-9-18(29)10-12-28)23(31)26-15-21(30)20-13-16-5-3-4-6-17(16)14-25-20;;/h3-8,18,20-21,25,29-30H,2,9-15H2,1H3,(H,26,31);2*1H/t20-,21+;;/m0../s1. The Morgan fingerprint density at radius 3 is 2.62 bits per heavy atom. The fourth-order valence-electron chi connectivity index (χ4n) is 4.31. The summed E-state index contributed by atoms with van der Waals surface area (Å²) in [6.07, 6.45) is 1.14. The van der Waals surface area contributed by atoms with Gasteiger partial charge in [0.25, 0.3) is 5.91 Å². The van der Waals surface area contributed by atoms with E-state index in [2.05, 4.69) is 32.7 Å². The van der Waals surface area contributed by atoms with E-state index in [1.54, 1.807) is 6.07 Å². The number of halogens is 2. The molecule has 0 saturated carbocycles. The number of ether oxygens (including phenoxy) is 1. The number of hydrogen-bond donors (Lipinski definition) is 4. The predicted molar refractivity (Wildman–Crippen MR) is 136 cm³/mol. The maximum atomic E-state index is 12.8. The van der Waals surface area contributed by atoms with E-state index in [-0.39, 0.29) is 55.3 Å². The third kappa shape index (κ3) is 6.73. The molecule has 1 saturated heterocycles. The second-order valence-corrected chi connectivity index (χ2v) is 8.41. The minimum absolute atomic E-state index is 0. The number of aliphatic hydroxyl groups is 2. The summed E-state index contributed by atoms with van der Waals surface area (Å²) in [5.74, 6) is 0.701. The molecular formula is C24H34Cl2N4O4. The molecule has 10 heteroatoms. The molecule has 4 rings (SSSR count). The predicted octanol–water partition coefficient (Wildman–Crippen LogP) is 2.09. The van der Waals surface area contributed by atoms with E-state index >= 15 is 0 Å². The minimum atomic E-state index is -0.713. The van der Waals surface area contributed by atoms with Gasteiger partial charge in [-0.25, -0.2) is 0 Å². The van der Waals surface area contributed by atoms with E-state index in [1.165, 1.54) is 11.1 Å². The van der Waals surface area contributed by atoms with Crippen molar-refractivity contribution in [3.05, 3.63) is 53.1 Å². The average molecular weight is 513 g/mol. The topological polar surface area (TPSA) is 107 Å². The number of fused-ring (bicyclic) bond motifs is 1. The van der Waals surface area contributed by atoms with E-state index in [1.807, 2.05) is 25.1 Å². The van der Waals surface area contributed by atoms with Gasteiger partial charge in [-0.05, 0) is 49.4 Å². The van der Waals surface area contributed by atoms with E-state index < -0.39 is 6.10 Å². The number of aliphatic hydroxyl groups excluding tert-OH is 2. The molecule has 0 unspecified atom stereocenters. The Balaban J connectivity index is 0.00000204. The number of amides is 1. The van der Waals surface area contributed by atoms with Gasteiger partial charge in [-0.3, -0.25) is 4.79 Å². The minimum Gasteiger partial charge on any atom is -0.477 e. The van der Waals surface area contributed by atoms with Crippen LogP contribution in [0.25, 0.3) is 0 Å². The van der Waals surface area contributed by atoms with Crippen molar-refractivity contribution >= 4 is 36.5 Å². The van der Waals surface area contributed by atoms with Crippen molar-refractivity contribution in [3.8, 4) is 5.88 Å². The summed E-state index contributed by atoms with van der Waals surface area (Å²) in [6, 6.07) is 11.6. The molecule has 34 heavy (non-hydrogen) atoms. The molecule has 2 aromatic rings. The number of pyridine rings is 1. The van der Waals surface area contributed by atoms with Gasteiger partial charge in [0.1, 0.15) is 11.4 Å². The summed E-state index contributed by atoms with van der Waals surface area (Å²) in [5.41, 5.74) is 2.82. The number of hydrogen-bond acceptors (Lipinski definition) is 7. The smallest absolute Gasteiger partial charge is 0.256 e. The van der Waals surface area contributed by atoms with Crippen LogP contribution in [0.4, 0.5) is 5.82 Å². The lowest BCUT2D eigenvalue weighted by molar-refractivity contribution is 0.0866. The average Bonchev–Trinajstić information content (AvgIpc) is 2.82. The van der Waals surface area contributed by atoms with E-state index in [4.69, 9.17) is 4.74 Å². The van der Waals surface area contributed by atoms with Gasteiger partial charge in [0.15, 0.2) is 0 Å². The molecule has 3 heterocycles. The number of anilines is 1. The fraction of sp³-hybridized carbons (Fsp3) is 0.500. The number of nitrogens with zero attached hydrogens (tertiary/aromatic N) is 2. The van der Waals surface area contributed by atoms with Crippen LogP contribution in [0.1, 0.15) is 41.3 Å². The Morgan fingerprint density at radius 1 is 1.21 bits per heavy atom. The lowest BCUT2D eigenvalue weighted by Gasteiger charge is -2.31. The van der Waals surface area contributed by atoms with Crippen LogP contribution in [-0.4, -0.2) is 65.6 Å². The Labute approximate surface area is 212 Å². The Kier molecular flexibility index (Phi) is 10.9. The fourth-order valence-corrected chi connectivity index (χ4v) is 4.31. The highest BCUT2D eigenvalue weighted by atomic mass is 35.5. The highest BCUT2D eigenvalue weighted by molar-refractivity contribution is 5.96. The number of rotatable bonds is 7. The van der Waals surface area contributed by atoms with E-state index in [0.717, 1.165) is 25.3 Å². The van der Waals surface area contributed by atoms with Crippen LogP contribution in [0.3, 0.4) is 0 Å². The third-order valence-electron chi connectivity index (χ3n) is 6.21. The molecule has 1 fully saturated rings. The normalized spacial score (nSPS) is 18.7. The lowest BCUT2D eigenvalue weighted by Crippen LogP contribution is -2.49. The number of nitrogens with one attached hydrogen (secondary N) is 2. The molecule has 0 bridgehead atoms. The van der Waals surface area contributed by atoms with Gasteiger partial charge in [-0.1, -0.05) is 24.3 Å². The van der Waals surface area contributed by atoms with Crippen molar-refractivity contribution in [3.63, 3.8) is 0 Å². The Bertz CT molecular complexity index is 941. The molecule has 0 aliphatic carbocycles. The highest BCUT2D eigenvalue weighted by Crippen LogP contribution is 2.24. The summed E-state index contributed by atoms with van der Waals surface area (Å²) < 4.78 is 5.65. The third-order valence-corrected chi connectivity index (χ3v) is 6.21. The maximum Gasteiger partial charge on any atom is 0.256 e. The van der Waals surface area contributed by atoms with Crippen molar-refractivity contribution in [2.45, 2.75) is 51.0 Å². The maximum absolute atomic E-state index is 12.8. The Hall–Kier alpha value is -2.10. The van der Waals surface area contributed by atoms with Crippen LogP contribution < -0.4 is 20.3 Å². The lowest BCUT2D eigenvalue weighted by atomic mass is 9.93. The van der Waals surface area contributed by atoms with Gasteiger partial charge in [0, 0.05) is 32.2 Å². The van der Waals surface area contributed by atoms with Crippen LogP contribution >= 0.6 is 24.8 Å². The molecule has 1 aromatic carbocycles. The van der Waals surface area contributed by atoms with Crippen molar-refractivity contribution in [1.29, 1.82) is 0 Å².